The van der Waals surface area contributed by atoms with Gasteiger partial charge in [-0.3, -0.25) is 4.79 Å². The first-order valence-electron chi connectivity index (χ1n) is 5.75. The topological polar surface area (TPSA) is 55.4 Å². The molecule has 92 valence electrons. The average Bonchev–Trinajstić information content (AvgIpc) is 2.26. The van der Waals surface area contributed by atoms with Crippen LogP contribution >= 0.6 is 0 Å². The van der Waals surface area contributed by atoms with E-state index in [4.69, 9.17) is 4.74 Å². The Labute approximate surface area is 97.1 Å². The average molecular weight is 227 g/mol. The fourth-order valence-corrected chi connectivity index (χ4v) is 0.902. The molecule has 1 unspecified atom stereocenters. The molecule has 1 atom stereocenters. The van der Waals surface area contributed by atoms with Gasteiger partial charge in [-0.2, -0.15) is 0 Å². The molecule has 0 aromatic carbocycles. The van der Waals surface area contributed by atoms with Gasteiger partial charge in [0.1, 0.15) is 0 Å². The zero-order valence-electron chi connectivity index (χ0n) is 10.3. The van der Waals surface area contributed by atoms with Crippen LogP contribution in [0.5, 0.6) is 0 Å². The standard InChI is InChI=1S/C12H21NO3/c1-4-6-9-16-12(15)8-7-11(14)13-10(3)5-2/h7-8,10H,4-6,9H2,1-3H3,(H,13,14). The highest BCUT2D eigenvalue weighted by atomic mass is 16.5. The molecule has 4 heteroatoms. The van der Waals surface area contributed by atoms with Crippen LogP contribution in [0.15, 0.2) is 12.2 Å². The van der Waals surface area contributed by atoms with Crippen molar-refractivity contribution in [2.24, 2.45) is 0 Å². The Morgan fingerprint density at radius 1 is 1.31 bits per heavy atom. The Kier molecular flexibility index (Phi) is 8.21. The molecule has 0 radical (unpaired) electrons. The summed E-state index contributed by atoms with van der Waals surface area (Å²) in [7, 11) is 0. The third kappa shape index (κ3) is 8.03. The molecular weight excluding hydrogens is 206 g/mol. The summed E-state index contributed by atoms with van der Waals surface area (Å²) in [4.78, 5) is 22.3. The number of ether oxygens (including phenoxy) is 1. The third-order valence-electron chi connectivity index (χ3n) is 2.11. The molecule has 0 heterocycles. The van der Waals surface area contributed by atoms with Gasteiger partial charge in [0.05, 0.1) is 6.61 Å². The van der Waals surface area contributed by atoms with Crippen LogP contribution in [0.25, 0.3) is 0 Å². The van der Waals surface area contributed by atoms with Crippen LogP contribution in [0.1, 0.15) is 40.0 Å². The maximum atomic E-state index is 11.2. The van der Waals surface area contributed by atoms with Gasteiger partial charge in [0, 0.05) is 18.2 Å². The van der Waals surface area contributed by atoms with Crippen molar-refractivity contribution >= 4 is 11.9 Å². The summed E-state index contributed by atoms with van der Waals surface area (Å²) in [5, 5.41) is 2.72. The number of unbranched alkanes of at least 4 members (excludes halogenated alkanes) is 1. The molecule has 0 fully saturated rings. The molecule has 0 aliphatic rings. The molecule has 0 aliphatic heterocycles. The van der Waals surface area contributed by atoms with Crippen LogP contribution in [-0.2, 0) is 14.3 Å². The summed E-state index contributed by atoms with van der Waals surface area (Å²) in [5.41, 5.74) is 0. The predicted octanol–water partition coefficient (Wildman–Crippen LogP) is 1.80. The first kappa shape index (κ1) is 14.7. The third-order valence-corrected chi connectivity index (χ3v) is 2.11. The summed E-state index contributed by atoms with van der Waals surface area (Å²) >= 11 is 0. The lowest BCUT2D eigenvalue weighted by molar-refractivity contribution is -0.138. The van der Waals surface area contributed by atoms with Crippen molar-refractivity contribution in [2.75, 3.05) is 6.61 Å². The lowest BCUT2D eigenvalue weighted by Gasteiger charge is -2.08. The molecule has 0 aliphatic carbocycles. The monoisotopic (exact) mass is 227 g/mol. The van der Waals surface area contributed by atoms with E-state index < -0.39 is 5.97 Å². The maximum Gasteiger partial charge on any atom is 0.330 e. The lowest BCUT2D eigenvalue weighted by atomic mass is 10.2. The highest BCUT2D eigenvalue weighted by Crippen LogP contribution is 1.91. The molecule has 0 aromatic rings. The highest BCUT2D eigenvalue weighted by Gasteiger charge is 2.02. The van der Waals surface area contributed by atoms with Gasteiger partial charge in [-0.05, 0) is 19.8 Å². The van der Waals surface area contributed by atoms with Crippen molar-refractivity contribution in [3.63, 3.8) is 0 Å². The number of carbonyl (C=O) groups excluding carboxylic acids is 2. The summed E-state index contributed by atoms with van der Waals surface area (Å²) in [6, 6.07) is 0.119. The van der Waals surface area contributed by atoms with Crippen LogP contribution in [0.2, 0.25) is 0 Å². The summed E-state index contributed by atoms with van der Waals surface area (Å²) in [6.45, 7) is 6.31. The molecule has 0 saturated carbocycles. The van der Waals surface area contributed by atoms with Crippen molar-refractivity contribution in [3.05, 3.63) is 12.2 Å². The molecule has 0 rings (SSSR count). The van der Waals surface area contributed by atoms with Gasteiger partial charge in [0.15, 0.2) is 0 Å². The second-order valence-corrected chi connectivity index (χ2v) is 3.67. The SMILES string of the molecule is CCCCOC(=O)C=CC(=O)NC(C)CC. The summed E-state index contributed by atoms with van der Waals surface area (Å²) < 4.78 is 4.86. The van der Waals surface area contributed by atoms with Crippen LogP contribution in [-0.4, -0.2) is 24.5 Å². The van der Waals surface area contributed by atoms with E-state index in [2.05, 4.69) is 5.32 Å². The Balaban J connectivity index is 3.80. The Morgan fingerprint density at radius 2 is 2.00 bits per heavy atom. The maximum absolute atomic E-state index is 11.2. The van der Waals surface area contributed by atoms with Crippen LogP contribution in [0, 0.1) is 0 Å². The quantitative estimate of drug-likeness (QED) is 0.410. The van der Waals surface area contributed by atoms with Crippen molar-refractivity contribution in [1.29, 1.82) is 0 Å². The molecule has 4 nitrogen and oxygen atoms in total. The predicted molar refractivity (Wildman–Crippen MR) is 62.9 cm³/mol. The number of hydrogen-bond donors (Lipinski definition) is 1. The number of rotatable bonds is 7. The van der Waals surface area contributed by atoms with E-state index >= 15 is 0 Å². The number of nitrogens with one attached hydrogen (secondary N) is 1. The first-order valence-corrected chi connectivity index (χ1v) is 5.75. The second-order valence-electron chi connectivity index (χ2n) is 3.67. The normalized spacial score (nSPS) is 12.4. The number of hydrogen-bond acceptors (Lipinski definition) is 3. The minimum absolute atomic E-state index is 0.119. The molecule has 0 bridgehead atoms. The van der Waals surface area contributed by atoms with E-state index in [-0.39, 0.29) is 11.9 Å². The highest BCUT2D eigenvalue weighted by molar-refractivity contribution is 5.94. The summed E-state index contributed by atoms with van der Waals surface area (Å²) in [6.07, 6.45) is 5.05. The van der Waals surface area contributed by atoms with E-state index in [1.54, 1.807) is 0 Å². The van der Waals surface area contributed by atoms with E-state index in [1.807, 2.05) is 20.8 Å². The largest absolute Gasteiger partial charge is 0.463 e. The minimum Gasteiger partial charge on any atom is -0.463 e. The van der Waals surface area contributed by atoms with Crippen LogP contribution in [0.4, 0.5) is 0 Å². The van der Waals surface area contributed by atoms with Crippen molar-refractivity contribution < 1.29 is 14.3 Å². The van der Waals surface area contributed by atoms with E-state index in [0.717, 1.165) is 25.3 Å². The second kappa shape index (κ2) is 8.95. The van der Waals surface area contributed by atoms with Crippen molar-refractivity contribution in [3.8, 4) is 0 Å². The fraction of sp³-hybridized carbons (Fsp3) is 0.667. The lowest BCUT2D eigenvalue weighted by Crippen LogP contribution is -2.30. The van der Waals surface area contributed by atoms with Gasteiger partial charge in [-0.1, -0.05) is 20.3 Å². The van der Waals surface area contributed by atoms with Gasteiger partial charge in [0.2, 0.25) is 5.91 Å². The number of carbonyl (C=O) groups is 2. The molecule has 0 aromatic heterocycles. The first-order chi connectivity index (χ1) is 7.60. The van der Waals surface area contributed by atoms with Crippen molar-refractivity contribution in [2.45, 2.75) is 46.1 Å². The zero-order valence-corrected chi connectivity index (χ0v) is 10.3. The van der Waals surface area contributed by atoms with Crippen molar-refractivity contribution in [1.82, 2.24) is 5.32 Å². The Hall–Kier alpha value is -1.32. The molecule has 0 spiro atoms. The van der Waals surface area contributed by atoms with Gasteiger partial charge in [-0.15, -0.1) is 0 Å². The Morgan fingerprint density at radius 3 is 2.56 bits per heavy atom. The fourth-order valence-electron chi connectivity index (χ4n) is 0.902. The minimum atomic E-state index is -0.465. The van der Waals surface area contributed by atoms with Gasteiger partial charge in [-0.25, -0.2) is 4.79 Å². The molecule has 1 amide bonds. The van der Waals surface area contributed by atoms with Crippen LogP contribution < -0.4 is 5.32 Å². The molecule has 1 N–H and O–H groups in total. The molecular formula is C12H21NO3. The number of amides is 1. The van der Waals surface area contributed by atoms with Crippen LogP contribution in [0.3, 0.4) is 0 Å². The molecule has 0 saturated heterocycles. The van der Waals surface area contributed by atoms with Gasteiger partial charge < -0.3 is 10.1 Å². The van der Waals surface area contributed by atoms with E-state index in [0.29, 0.717) is 6.61 Å². The smallest absolute Gasteiger partial charge is 0.330 e. The van der Waals surface area contributed by atoms with Gasteiger partial charge in [0.25, 0.3) is 0 Å². The summed E-state index contributed by atoms with van der Waals surface area (Å²) in [5.74, 6) is -0.727. The number of esters is 1. The van der Waals surface area contributed by atoms with Gasteiger partial charge >= 0.3 is 5.97 Å². The van der Waals surface area contributed by atoms with E-state index in [9.17, 15) is 9.59 Å². The zero-order chi connectivity index (χ0) is 12.4. The Bertz CT molecular complexity index is 249. The van der Waals surface area contributed by atoms with E-state index in [1.165, 1.54) is 6.08 Å². The molecule has 16 heavy (non-hydrogen) atoms.